The SMILES string of the molecule is COc1ccc(NC(=O)C(C)=C(C)C(=O)O)cc1F. The molecule has 0 saturated heterocycles. The van der Waals surface area contributed by atoms with Crippen LogP contribution in [0.4, 0.5) is 10.1 Å². The minimum Gasteiger partial charge on any atom is -0.494 e. The van der Waals surface area contributed by atoms with Gasteiger partial charge in [0.2, 0.25) is 0 Å². The molecular formula is C13H14FNO4. The summed E-state index contributed by atoms with van der Waals surface area (Å²) in [5, 5.41) is 11.2. The van der Waals surface area contributed by atoms with Gasteiger partial charge < -0.3 is 15.2 Å². The molecule has 5 nitrogen and oxygen atoms in total. The molecule has 0 bridgehead atoms. The van der Waals surface area contributed by atoms with Gasteiger partial charge in [0.1, 0.15) is 0 Å². The Labute approximate surface area is 109 Å². The number of amides is 1. The van der Waals surface area contributed by atoms with Gasteiger partial charge in [0.15, 0.2) is 11.6 Å². The summed E-state index contributed by atoms with van der Waals surface area (Å²) in [5.74, 6) is -2.32. The van der Waals surface area contributed by atoms with Gasteiger partial charge in [-0.15, -0.1) is 0 Å². The molecule has 0 heterocycles. The Morgan fingerprint density at radius 1 is 1.26 bits per heavy atom. The van der Waals surface area contributed by atoms with E-state index in [2.05, 4.69) is 5.32 Å². The van der Waals surface area contributed by atoms with E-state index in [0.717, 1.165) is 6.07 Å². The molecule has 0 fully saturated rings. The summed E-state index contributed by atoms with van der Waals surface area (Å²) in [6, 6.07) is 3.93. The number of rotatable bonds is 4. The van der Waals surface area contributed by atoms with Crippen molar-refractivity contribution in [2.75, 3.05) is 12.4 Å². The molecule has 1 aromatic carbocycles. The van der Waals surface area contributed by atoms with E-state index in [9.17, 15) is 14.0 Å². The summed E-state index contributed by atoms with van der Waals surface area (Å²) in [4.78, 5) is 22.5. The van der Waals surface area contributed by atoms with Gasteiger partial charge in [0.25, 0.3) is 5.91 Å². The number of hydrogen-bond acceptors (Lipinski definition) is 3. The number of nitrogens with one attached hydrogen (secondary N) is 1. The lowest BCUT2D eigenvalue weighted by molar-refractivity contribution is -0.133. The molecule has 102 valence electrons. The number of carboxylic acids is 1. The van der Waals surface area contributed by atoms with Crippen molar-refractivity contribution in [1.29, 1.82) is 0 Å². The minimum atomic E-state index is -1.17. The second-order valence-electron chi connectivity index (χ2n) is 3.86. The van der Waals surface area contributed by atoms with Gasteiger partial charge in [-0.3, -0.25) is 4.79 Å². The molecule has 19 heavy (non-hydrogen) atoms. The van der Waals surface area contributed by atoms with Crippen LogP contribution in [0.25, 0.3) is 0 Å². The topological polar surface area (TPSA) is 75.6 Å². The van der Waals surface area contributed by atoms with Crippen LogP contribution in [-0.2, 0) is 9.59 Å². The molecule has 0 saturated carbocycles. The lowest BCUT2D eigenvalue weighted by atomic mass is 10.1. The zero-order chi connectivity index (χ0) is 14.6. The molecule has 6 heteroatoms. The highest BCUT2D eigenvalue weighted by Crippen LogP contribution is 2.21. The summed E-state index contributed by atoms with van der Waals surface area (Å²) >= 11 is 0. The predicted octanol–water partition coefficient (Wildman–Crippen LogP) is 2.19. The molecule has 0 aliphatic carbocycles. The standard InChI is InChI=1S/C13H14FNO4/c1-7(8(2)13(17)18)12(16)15-9-4-5-11(19-3)10(14)6-9/h4-6H,1-3H3,(H,15,16)(H,17,18). The van der Waals surface area contributed by atoms with Gasteiger partial charge in [-0.1, -0.05) is 0 Å². The Hall–Kier alpha value is -2.37. The van der Waals surface area contributed by atoms with Crippen molar-refractivity contribution in [3.8, 4) is 5.75 Å². The van der Waals surface area contributed by atoms with Gasteiger partial charge in [-0.05, 0) is 26.0 Å². The first kappa shape index (κ1) is 14.7. The molecule has 0 radical (unpaired) electrons. The first-order chi connectivity index (χ1) is 8.86. The normalized spacial score (nSPS) is 11.6. The van der Waals surface area contributed by atoms with Crippen molar-refractivity contribution < 1.29 is 23.8 Å². The molecule has 1 amide bonds. The van der Waals surface area contributed by atoms with Crippen molar-refractivity contribution in [3.05, 3.63) is 35.2 Å². The highest BCUT2D eigenvalue weighted by atomic mass is 19.1. The molecule has 0 aromatic heterocycles. The minimum absolute atomic E-state index is 0.0590. The number of anilines is 1. The Balaban J connectivity index is 2.92. The van der Waals surface area contributed by atoms with Gasteiger partial charge in [-0.25, -0.2) is 9.18 Å². The maximum atomic E-state index is 13.4. The van der Waals surface area contributed by atoms with E-state index in [1.165, 1.54) is 33.1 Å². The van der Waals surface area contributed by atoms with Crippen LogP contribution in [0.1, 0.15) is 13.8 Å². The second kappa shape index (κ2) is 5.99. The molecule has 1 rings (SSSR count). The number of carbonyl (C=O) groups is 2. The van der Waals surface area contributed by atoms with Crippen LogP contribution < -0.4 is 10.1 Å². The Morgan fingerprint density at radius 3 is 2.37 bits per heavy atom. The Morgan fingerprint density at radius 2 is 1.89 bits per heavy atom. The van der Waals surface area contributed by atoms with E-state index in [1.807, 2.05) is 0 Å². The zero-order valence-corrected chi connectivity index (χ0v) is 10.8. The lowest BCUT2D eigenvalue weighted by Crippen LogP contribution is -2.16. The smallest absolute Gasteiger partial charge is 0.331 e. The summed E-state index contributed by atoms with van der Waals surface area (Å²) in [5.41, 5.74) is 0.219. The summed E-state index contributed by atoms with van der Waals surface area (Å²) < 4.78 is 18.2. The maximum Gasteiger partial charge on any atom is 0.331 e. The molecule has 1 aromatic rings. The Bertz CT molecular complexity index is 552. The van der Waals surface area contributed by atoms with E-state index in [4.69, 9.17) is 9.84 Å². The fourth-order valence-electron chi connectivity index (χ4n) is 1.30. The summed E-state index contributed by atoms with van der Waals surface area (Å²) in [6.45, 7) is 2.71. The number of carbonyl (C=O) groups excluding carboxylic acids is 1. The van der Waals surface area contributed by atoms with Crippen LogP contribution in [0.5, 0.6) is 5.75 Å². The second-order valence-corrected chi connectivity index (χ2v) is 3.86. The van der Waals surface area contributed by atoms with Crippen molar-refractivity contribution in [1.82, 2.24) is 0 Å². The average molecular weight is 267 g/mol. The van der Waals surface area contributed by atoms with Gasteiger partial charge in [-0.2, -0.15) is 0 Å². The highest BCUT2D eigenvalue weighted by Gasteiger charge is 2.13. The number of carboxylic acid groups (broad SMARTS) is 1. The van der Waals surface area contributed by atoms with Gasteiger partial charge >= 0.3 is 5.97 Å². The van der Waals surface area contributed by atoms with Gasteiger partial charge in [0.05, 0.1) is 7.11 Å². The number of methoxy groups -OCH3 is 1. The van der Waals surface area contributed by atoms with Crippen LogP contribution in [0.2, 0.25) is 0 Å². The summed E-state index contributed by atoms with van der Waals surface area (Å²) in [6.07, 6.45) is 0. The molecule has 0 aliphatic heterocycles. The first-order valence-corrected chi connectivity index (χ1v) is 5.42. The molecule has 2 N–H and O–H groups in total. The van der Waals surface area contributed by atoms with E-state index in [1.54, 1.807) is 0 Å². The van der Waals surface area contributed by atoms with Crippen LogP contribution in [0.3, 0.4) is 0 Å². The van der Waals surface area contributed by atoms with Gasteiger partial charge in [0, 0.05) is 22.9 Å². The molecule has 0 spiro atoms. The largest absolute Gasteiger partial charge is 0.494 e. The number of ether oxygens (including phenoxy) is 1. The molecular weight excluding hydrogens is 253 g/mol. The molecule has 0 unspecified atom stereocenters. The van der Waals surface area contributed by atoms with Crippen molar-refractivity contribution in [2.24, 2.45) is 0 Å². The van der Waals surface area contributed by atoms with Crippen LogP contribution >= 0.6 is 0 Å². The van der Waals surface area contributed by atoms with E-state index in [0.29, 0.717) is 0 Å². The summed E-state index contributed by atoms with van der Waals surface area (Å²) in [7, 11) is 1.33. The fraction of sp³-hybridized carbons (Fsp3) is 0.231. The molecule has 0 aliphatic rings. The van der Waals surface area contributed by atoms with E-state index < -0.39 is 17.7 Å². The van der Waals surface area contributed by atoms with E-state index in [-0.39, 0.29) is 22.6 Å². The third kappa shape index (κ3) is 3.54. The quantitative estimate of drug-likeness (QED) is 0.820. The highest BCUT2D eigenvalue weighted by molar-refractivity contribution is 6.08. The Kier molecular flexibility index (Phi) is 4.63. The van der Waals surface area contributed by atoms with Crippen molar-refractivity contribution in [3.63, 3.8) is 0 Å². The van der Waals surface area contributed by atoms with Crippen LogP contribution in [0, 0.1) is 5.82 Å². The number of aliphatic carboxylic acids is 1. The van der Waals surface area contributed by atoms with Crippen molar-refractivity contribution in [2.45, 2.75) is 13.8 Å². The van der Waals surface area contributed by atoms with E-state index >= 15 is 0 Å². The monoisotopic (exact) mass is 267 g/mol. The average Bonchev–Trinajstić information content (AvgIpc) is 2.37. The van der Waals surface area contributed by atoms with Crippen LogP contribution in [-0.4, -0.2) is 24.1 Å². The number of hydrogen-bond donors (Lipinski definition) is 2. The lowest BCUT2D eigenvalue weighted by Gasteiger charge is -2.08. The fourth-order valence-corrected chi connectivity index (χ4v) is 1.30. The maximum absolute atomic E-state index is 13.4. The third-order valence-corrected chi connectivity index (χ3v) is 2.63. The predicted molar refractivity (Wildman–Crippen MR) is 67.6 cm³/mol. The number of halogens is 1. The molecule has 0 atom stereocenters. The third-order valence-electron chi connectivity index (χ3n) is 2.63. The van der Waals surface area contributed by atoms with Crippen molar-refractivity contribution >= 4 is 17.6 Å². The van der Waals surface area contributed by atoms with Crippen LogP contribution in [0.15, 0.2) is 29.3 Å². The zero-order valence-electron chi connectivity index (χ0n) is 10.8. The first-order valence-electron chi connectivity index (χ1n) is 5.42. The number of benzene rings is 1.